The summed E-state index contributed by atoms with van der Waals surface area (Å²) >= 11 is 5.79. The maximum atomic E-state index is 11.9. The van der Waals surface area contributed by atoms with Gasteiger partial charge >= 0.3 is 5.97 Å². The van der Waals surface area contributed by atoms with E-state index in [4.69, 9.17) is 17.3 Å². The molecule has 1 heterocycles. The van der Waals surface area contributed by atoms with Crippen LogP contribution in [0.5, 0.6) is 0 Å². The quantitative estimate of drug-likeness (QED) is 0.871. The van der Waals surface area contributed by atoms with Crippen LogP contribution in [-0.2, 0) is 9.59 Å². The van der Waals surface area contributed by atoms with Gasteiger partial charge in [0, 0.05) is 18.0 Å². The first kappa shape index (κ1) is 13.8. The second kappa shape index (κ2) is 5.59. The van der Waals surface area contributed by atoms with E-state index in [9.17, 15) is 14.7 Å². The Kier molecular flexibility index (Phi) is 4.07. The van der Waals surface area contributed by atoms with E-state index in [1.807, 2.05) is 0 Å². The molecule has 0 saturated carbocycles. The van der Waals surface area contributed by atoms with E-state index >= 15 is 0 Å². The minimum atomic E-state index is -1.05. The fourth-order valence-electron chi connectivity index (χ4n) is 2.32. The highest BCUT2D eigenvalue weighted by Crippen LogP contribution is 2.29. The van der Waals surface area contributed by atoms with Crippen molar-refractivity contribution in [3.8, 4) is 0 Å². The van der Waals surface area contributed by atoms with Gasteiger partial charge in [0.15, 0.2) is 6.04 Å². The van der Waals surface area contributed by atoms with Gasteiger partial charge in [0.05, 0.1) is 0 Å². The highest BCUT2D eigenvalue weighted by Gasteiger charge is 2.37. The van der Waals surface area contributed by atoms with Crippen LogP contribution in [0.25, 0.3) is 0 Å². The Morgan fingerprint density at radius 1 is 1.47 bits per heavy atom. The van der Waals surface area contributed by atoms with Gasteiger partial charge in [0.2, 0.25) is 5.91 Å². The normalized spacial score (nSPS) is 20.6. The minimum absolute atomic E-state index is 0.0293. The second-order valence-corrected chi connectivity index (χ2v) is 5.08. The van der Waals surface area contributed by atoms with E-state index < -0.39 is 12.0 Å². The van der Waals surface area contributed by atoms with Crippen LogP contribution in [0.15, 0.2) is 24.3 Å². The van der Waals surface area contributed by atoms with E-state index in [0.29, 0.717) is 30.1 Å². The fraction of sp³-hybridized carbons (Fsp3) is 0.385. The van der Waals surface area contributed by atoms with Crippen molar-refractivity contribution in [2.45, 2.75) is 12.5 Å². The predicted molar refractivity (Wildman–Crippen MR) is 70.7 cm³/mol. The molecule has 0 aromatic heterocycles. The molecule has 0 radical (unpaired) electrons. The van der Waals surface area contributed by atoms with Crippen molar-refractivity contribution < 1.29 is 14.7 Å². The van der Waals surface area contributed by atoms with Crippen LogP contribution in [0, 0.1) is 5.92 Å². The minimum Gasteiger partial charge on any atom is -0.479 e. The third kappa shape index (κ3) is 2.88. The number of nitrogens with two attached hydrogens (primary N) is 1. The highest BCUT2D eigenvalue weighted by atomic mass is 35.5. The lowest BCUT2D eigenvalue weighted by Gasteiger charge is -2.25. The van der Waals surface area contributed by atoms with E-state index in [1.165, 1.54) is 4.90 Å². The molecular formula is C13H15ClN2O3. The molecule has 3 N–H and O–H groups in total. The smallest absolute Gasteiger partial charge is 0.331 e. The van der Waals surface area contributed by atoms with Crippen molar-refractivity contribution in [1.29, 1.82) is 0 Å². The number of hydrogen-bond acceptors (Lipinski definition) is 3. The summed E-state index contributed by atoms with van der Waals surface area (Å²) in [5.74, 6) is -1.19. The van der Waals surface area contributed by atoms with Gasteiger partial charge in [-0.3, -0.25) is 4.79 Å². The number of halogens is 1. The van der Waals surface area contributed by atoms with E-state index in [1.54, 1.807) is 24.3 Å². The van der Waals surface area contributed by atoms with Crippen LogP contribution in [0.4, 0.5) is 0 Å². The number of nitrogens with zero attached hydrogens (tertiary/aromatic N) is 1. The van der Waals surface area contributed by atoms with Crippen LogP contribution in [0.1, 0.15) is 18.0 Å². The lowest BCUT2D eigenvalue weighted by Crippen LogP contribution is -2.35. The van der Waals surface area contributed by atoms with Gasteiger partial charge in [-0.2, -0.15) is 0 Å². The summed E-state index contributed by atoms with van der Waals surface area (Å²) in [7, 11) is 0. The highest BCUT2D eigenvalue weighted by molar-refractivity contribution is 6.30. The molecule has 1 fully saturated rings. The fourth-order valence-corrected chi connectivity index (χ4v) is 2.44. The lowest BCUT2D eigenvalue weighted by atomic mass is 10.1. The predicted octanol–water partition coefficient (Wildman–Crippen LogP) is 1.27. The summed E-state index contributed by atoms with van der Waals surface area (Å²) in [6.45, 7) is 0.768. The largest absolute Gasteiger partial charge is 0.479 e. The Morgan fingerprint density at radius 3 is 2.58 bits per heavy atom. The number of carboxylic acids is 1. The molecule has 102 valence electrons. The van der Waals surface area contributed by atoms with Crippen molar-refractivity contribution in [2.75, 3.05) is 13.1 Å². The third-order valence-corrected chi connectivity index (χ3v) is 3.56. The SMILES string of the molecule is NCC1CC(=O)N(C(C(=O)O)c2ccc(Cl)cc2)C1. The zero-order valence-electron chi connectivity index (χ0n) is 10.3. The van der Waals surface area contributed by atoms with Gasteiger partial charge in [-0.1, -0.05) is 23.7 Å². The molecule has 2 unspecified atom stereocenters. The first-order valence-electron chi connectivity index (χ1n) is 6.00. The molecule has 19 heavy (non-hydrogen) atoms. The monoisotopic (exact) mass is 282 g/mol. The van der Waals surface area contributed by atoms with Crippen molar-refractivity contribution in [2.24, 2.45) is 11.7 Å². The van der Waals surface area contributed by atoms with Crippen LogP contribution < -0.4 is 5.73 Å². The Balaban J connectivity index is 2.28. The number of benzene rings is 1. The number of rotatable bonds is 4. The molecule has 1 amide bonds. The molecule has 0 spiro atoms. The molecule has 5 nitrogen and oxygen atoms in total. The van der Waals surface area contributed by atoms with Crippen molar-refractivity contribution in [1.82, 2.24) is 4.90 Å². The van der Waals surface area contributed by atoms with Crippen LogP contribution in [-0.4, -0.2) is 35.0 Å². The molecule has 1 aliphatic rings. The van der Waals surface area contributed by atoms with Gasteiger partial charge in [-0.05, 0) is 30.2 Å². The van der Waals surface area contributed by atoms with E-state index in [0.717, 1.165) is 0 Å². The van der Waals surface area contributed by atoms with Crippen molar-refractivity contribution >= 4 is 23.5 Å². The summed E-state index contributed by atoms with van der Waals surface area (Å²) in [4.78, 5) is 24.7. The van der Waals surface area contributed by atoms with Gasteiger partial charge in [-0.15, -0.1) is 0 Å². The Labute approximate surface area is 116 Å². The topological polar surface area (TPSA) is 83.6 Å². The second-order valence-electron chi connectivity index (χ2n) is 4.64. The third-order valence-electron chi connectivity index (χ3n) is 3.30. The number of carbonyl (C=O) groups excluding carboxylic acids is 1. The van der Waals surface area contributed by atoms with Crippen LogP contribution >= 0.6 is 11.6 Å². The standard InChI is InChI=1S/C13H15ClN2O3/c14-10-3-1-9(2-4-10)12(13(18)19)16-7-8(6-15)5-11(16)17/h1-4,8,12H,5-7,15H2,(H,18,19). The summed E-state index contributed by atoms with van der Waals surface area (Å²) < 4.78 is 0. The van der Waals surface area contributed by atoms with Gasteiger partial charge < -0.3 is 15.7 Å². The first-order valence-corrected chi connectivity index (χ1v) is 6.38. The molecule has 1 saturated heterocycles. The summed E-state index contributed by atoms with van der Waals surface area (Å²) in [6, 6.07) is 5.52. The molecule has 2 atom stereocenters. The molecule has 1 aliphatic heterocycles. The Hall–Kier alpha value is -1.59. The summed E-state index contributed by atoms with van der Waals surface area (Å²) in [5, 5.41) is 9.90. The first-order chi connectivity index (χ1) is 9.02. The molecule has 1 aromatic carbocycles. The van der Waals surface area contributed by atoms with Crippen molar-refractivity contribution in [3.63, 3.8) is 0 Å². The number of carbonyl (C=O) groups is 2. The lowest BCUT2D eigenvalue weighted by molar-refractivity contribution is -0.148. The van der Waals surface area contributed by atoms with E-state index in [2.05, 4.69) is 0 Å². The zero-order chi connectivity index (χ0) is 14.0. The summed E-state index contributed by atoms with van der Waals surface area (Å²) in [5.41, 5.74) is 6.09. The van der Waals surface area contributed by atoms with Gasteiger partial charge in [0.1, 0.15) is 0 Å². The van der Waals surface area contributed by atoms with Crippen LogP contribution in [0.3, 0.4) is 0 Å². The maximum absolute atomic E-state index is 11.9. The maximum Gasteiger partial charge on any atom is 0.331 e. The number of hydrogen-bond donors (Lipinski definition) is 2. The van der Waals surface area contributed by atoms with E-state index in [-0.39, 0.29) is 11.8 Å². The van der Waals surface area contributed by atoms with Crippen LogP contribution in [0.2, 0.25) is 5.02 Å². The summed E-state index contributed by atoms with van der Waals surface area (Å²) in [6.07, 6.45) is 0.313. The molecular weight excluding hydrogens is 268 g/mol. The molecule has 6 heteroatoms. The Bertz CT molecular complexity index is 489. The number of carboxylic acid groups (broad SMARTS) is 1. The molecule has 2 rings (SSSR count). The number of likely N-dealkylation sites (tertiary alicyclic amines) is 1. The van der Waals surface area contributed by atoms with Gasteiger partial charge in [-0.25, -0.2) is 4.79 Å². The van der Waals surface area contributed by atoms with Crippen molar-refractivity contribution in [3.05, 3.63) is 34.9 Å². The molecule has 1 aromatic rings. The average molecular weight is 283 g/mol. The van der Waals surface area contributed by atoms with Gasteiger partial charge in [0.25, 0.3) is 0 Å². The molecule has 0 bridgehead atoms. The number of amides is 1. The number of aliphatic carboxylic acids is 1. The Morgan fingerprint density at radius 2 is 2.11 bits per heavy atom. The average Bonchev–Trinajstić information content (AvgIpc) is 2.73. The zero-order valence-corrected chi connectivity index (χ0v) is 11.0. The molecule has 0 aliphatic carbocycles.